The molecule has 8 nitrogen and oxygen atoms in total. The summed E-state index contributed by atoms with van der Waals surface area (Å²) in [6.07, 6.45) is 1.87. The van der Waals surface area contributed by atoms with Crippen LogP contribution in [0.25, 0.3) is 27.9 Å². The molecule has 3 aromatic heterocycles. The molecule has 31 heavy (non-hydrogen) atoms. The van der Waals surface area contributed by atoms with Crippen molar-refractivity contribution in [3.63, 3.8) is 0 Å². The molecule has 4 heterocycles. The van der Waals surface area contributed by atoms with Crippen molar-refractivity contribution in [2.45, 2.75) is 33.7 Å². The van der Waals surface area contributed by atoms with Crippen LogP contribution in [0.2, 0.25) is 0 Å². The van der Waals surface area contributed by atoms with E-state index in [2.05, 4.69) is 44.8 Å². The van der Waals surface area contributed by atoms with Gasteiger partial charge in [0.15, 0.2) is 5.82 Å². The number of fused-ring (bicyclic) bond motifs is 2. The summed E-state index contributed by atoms with van der Waals surface area (Å²) in [5, 5.41) is 5.20. The Morgan fingerprint density at radius 1 is 1.03 bits per heavy atom. The highest BCUT2D eigenvalue weighted by Gasteiger charge is 2.20. The highest BCUT2D eigenvalue weighted by atomic mass is 16.1. The Kier molecular flexibility index (Phi) is 4.74. The maximum atomic E-state index is 12.9. The van der Waals surface area contributed by atoms with Gasteiger partial charge in [0.05, 0.1) is 34.0 Å². The molecule has 160 valence electrons. The second-order valence-corrected chi connectivity index (χ2v) is 8.56. The average Bonchev–Trinajstić information content (AvgIpc) is 3.18. The predicted octanol–water partition coefficient (Wildman–Crippen LogP) is 2.78. The molecule has 1 aromatic carbocycles. The first-order chi connectivity index (χ1) is 14.9. The van der Waals surface area contributed by atoms with Crippen LogP contribution in [-0.2, 0) is 0 Å². The molecule has 5 rings (SSSR count). The third-order valence-corrected chi connectivity index (χ3v) is 6.10. The molecule has 1 N–H and O–H groups in total. The number of aromatic amines is 1. The molecule has 8 heteroatoms. The Morgan fingerprint density at radius 2 is 1.81 bits per heavy atom. The summed E-state index contributed by atoms with van der Waals surface area (Å²) in [5.74, 6) is 0.469. The predicted molar refractivity (Wildman–Crippen MR) is 123 cm³/mol. The van der Waals surface area contributed by atoms with Gasteiger partial charge in [0.1, 0.15) is 5.69 Å². The largest absolute Gasteiger partial charge is 0.369 e. The Balaban J connectivity index is 1.49. The van der Waals surface area contributed by atoms with Gasteiger partial charge in [-0.1, -0.05) is 0 Å². The quantitative estimate of drug-likeness (QED) is 0.552. The van der Waals surface area contributed by atoms with E-state index in [-0.39, 0.29) is 5.56 Å². The molecule has 0 amide bonds. The molecular formula is C23H27N7O. The van der Waals surface area contributed by atoms with Gasteiger partial charge < -0.3 is 9.88 Å². The average molecular weight is 418 g/mol. The monoisotopic (exact) mass is 417 g/mol. The van der Waals surface area contributed by atoms with Crippen molar-refractivity contribution in [2.24, 2.45) is 0 Å². The fourth-order valence-corrected chi connectivity index (χ4v) is 4.35. The number of nitrogens with one attached hydrogen (secondary N) is 1. The van der Waals surface area contributed by atoms with E-state index in [0.717, 1.165) is 48.8 Å². The number of H-pyrrole nitrogens is 1. The molecule has 1 fully saturated rings. The molecule has 0 bridgehead atoms. The van der Waals surface area contributed by atoms with E-state index in [4.69, 9.17) is 4.98 Å². The van der Waals surface area contributed by atoms with Crippen molar-refractivity contribution in [2.75, 3.05) is 31.1 Å². The summed E-state index contributed by atoms with van der Waals surface area (Å²) in [4.78, 5) is 29.8. The molecule has 1 aliphatic rings. The van der Waals surface area contributed by atoms with Crippen LogP contribution in [0.3, 0.4) is 0 Å². The fraction of sp³-hybridized carbons (Fsp3) is 0.391. The number of nitrogens with zero attached hydrogens (tertiary/aromatic N) is 6. The number of benzene rings is 1. The van der Waals surface area contributed by atoms with Crippen LogP contribution >= 0.6 is 0 Å². The van der Waals surface area contributed by atoms with Gasteiger partial charge in [-0.05, 0) is 52.0 Å². The number of rotatable bonds is 3. The first-order valence-electron chi connectivity index (χ1n) is 10.8. The third-order valence-electron chi connectivity index (χ3n) is 6.10. The second-order valence-electron chi connectivity index (χ2n) is 8.56. The van der Waals surface area contributed by atoms with Crippen molar-refractivity contribution < 1.29 is 0 Å². The molecule has 0 spiro atoms. The van der Waals surface area contributed by atoms with Crippen LogP contribution in [0.1, 0.15) is 25.2 Å². The first kappa shape index (κ1) is 19.7. The Labute approximate surface area is 180 Å². The Bertz CT molecular complexity index is 1330. The molecule has 1 aliphatic heterocycles. The van der Waals surface area contributed by atoms with Crippen LogP contribution in [0.15, 0.2) is 35.3 Å². The molecule has 0 unspecified atom stereocenters. The standard InChI is InChI=1S/C23H27N7O/c1-14(2)28-7-9-29(10-8-28)17-5-6-19-18(11-17)23(31)26-22(25-19)20-12-21-16(4)24-15(3)13-30(21)27-20/h5-6,11-14H,7-10H2,1-4H3,(H,25,26,31). The van der Waals surface area contributed by atoms with Crippen molar-refractivity contribution in [3.05, 3.63) is 52.2 Å². The third kappa shape index (κ3) is 3.57. The van der Waals surface area contributed by atoms with Gasteiger partial charge >= 0.3 is 0 Å². The summed E-state index contributed by atoms with van der Waals surface area (Å²) in [6.45, 7) is 12.3. The number of hydrogen-bond acceptors (Lipinski definition) is 6. The molecule has 1 saturated heterocycles. The van der Waals surface area contributed by atoms with Crippen LogP contribution in [0.4, 0.5) is 5.69 Å². The molecular weight excluding hydrogens is 390 g/mol. The molecule has 0 aliphatic carbocycles. The van der Waals surface area contributed by atoms with Crippen molar-refractivity contribution in [3.8, 4) is 11.5 Å². The first-order valence-corrected chi connectivity index (χ1v) is 10.8. The highest BCUT2D eigenvalue weighted by molar-refractivity contribution is 5.83. The van der Waals surface area contributed by atoms with Gasteiger partial charge in [0.2, 0.25) is 0 Å². The lowest BCUT2D eigenvalue weighted by molar-refractivity contribution is 0.209. The Morgan fingerprint density at radius 3 is 2.55 bits per heavy atom. The van der Waals surface area contributed by atoms with E-state index in [0.29, 0.717) is 28.5 Å². The Hall–Kier alpha value is -3.26. The van der Waals surface area contributed by atoms with Gasteiger partial charge in [-0.25, -0.2) is 9.50 Å². The zero-order valence-corrected chi connectivity index (χ0v) is 18.4. The normalized spacial score (nSPS) is 15.5. The lowest BCUT2D eigenvalue weighted by Crippen LogP contribution is -2.48. The minimum absolute atomic E-state index is 0.147. The summed E-state index contributed by atoms with van der Waals surface area (Å²) in [7, 11) is 0. The van der Waals surface area contributed by atoms with E-state index in [1.165, 1.54) is 0 Å². The summed E-state index contributed by atoms with van der Waals surface area (Å²) >= 11 is 0. The van der Waals surface area contributed by atoms with Crippen molar-refractivity contribution >= 4 is 22.1 Å². The number of anilines is 1. The molecule has 0 saturated carbocycles. The van der Waals surface area contributed by atoms with E-state index in [1.54, 1.807) is 4.52 Å². The number of aromatic nitrogens is 5. The lowest BCUT2D eigenvalue weighted by atomic mass is 10.1. The smallest absolute Gasteiger partial charge is 0.259 e. The van der Waals surface area contributed by atoms with E-state index in [9.17, 15) is 4.79 Å². The van der Waals surface area contributed by atoms with Crippen LogP contribution in [0, 0.1) is 13.8 Å². The van der Waals surface area contributed by atoms with Gasteiger partial charge in [-0.3, -0.25) is 14.7 Å². The highest BCUT2D eigenvalue weighted by Crippen LogP contribution is 2.23. The van der Waals surface area contributed by atoms with Gasteiger partial charge in [0.25, 0.3) is 5.56 Å². The van der Waals surface area contributed by atoms with E-state index < -0.39 is 0 Å². The van der Waals surface area contributed by atoms with Gasteiger partial charge in [-0.15, -0.1) is 0 Å². The topological polar surface area (TPSA) is 82.4 Å². The van der Waals surface area contributed by atoms with Crippen molar-refractivity contribution in [1.82, 2.24) is 29.5 Å². The SMILES string of the molecule is Cc1cn2nc(-c3nc4ccc(N5CCN(C(C)C)CC5)cc4c(=O)[nH]3)cc2c(C)n1. The zero-order chi connectivity index (χ0) is 21.7. The van der Waals surface area contributed by atoms with Crippen LogP contribution in [-0.4, -0.2) is 61.7 Å². The zero-order valence-electron chi connectivity index (χ0n) is 18.4. The van der Waals surface area contributed by atoms with E-state index >= 15 is 0 Å². The molecule has 4 aromatic rings. The summed E-state index contributed by atoms with van der Waals surface area (Å²) < 4.78 is 1.79. The lowest BCUT2D eigenvalue weighted by Gasteiger charge is -2.38. The maximum Gasteiger partial charge on any atom is 0.259 e. The van der Waals surface area contributed by atoms with Crippen LogP contribution < -0.4 is 10.5 Å². The van der Waals surface area contributed by atoms with Crippen LogP contribution in [0.5, 0.6) is 0 Å². The molecule has 0 radical (unpaired) electrons. The van der Waals surface area contributed by atoms with Gasteiger partial charge in [-0.2, -0.15) is 5.10 Å². The number of hydrogen-bond donors (Lipinski definition) is 1. The van der Waals surface area contributed by atoms with Crippen molar-refractivity contribution in [1.29, 1.82) is 0 Å². The number of piperazine rings is 1. The number of aryl methyl sites for hydroxylation is 2. The fourth-order valence-electron chi connectivity index (χ4n) is 4.35. The molecule has 0 atom stereocenters. The minimum Gasteiger partial charge on any atom is -0.369 e. The second kappa shape index (κ2) is 7.46. The summed E-state index contributed by atoms with van der Waals surface area (Å²) in [6, 6.07) is 8.42. The minimum atomic E-state index is -0.147. The summed E-state index contributed by atoms with van der Waals surface area (Å²) in [5.41, 5.74) is 4.91. The van der Waals surface area contributed by atoms with Gasteiger partial charge in [0, 0.05) is 37.9 Å². The maximum absolute atomic E-state index is 12.9. The van der Waals surface area contributed by atoms with E-state index in [1.807, 2.05) is 38.2 Å².